The second-order valence-electron chi connectivity index (χ2n) is 4.04. The SMILES string of the molecule is C[C@H](O)CNC(=O)c1ccc2c(c1)COC2. The highest BCUT2D eigenvalue weighted by atomic mass is 16.5. The Morgan fingerprint density at radius 3 is 3.00 bits per heavy atom. The van der Waals surface area contributed by atoms with E-state index in [2.05, 4.69) is 5.32 Å². The van der Waals surface area contributed by atoms with Crippen LogP contribution in [0.1, 0.15) is 28.4 Å². The first-order valence-electron chi connectivity index (χ1n) is 5.32. The highest BCUT2D eigenvalue weighted by Gasteiger charge is 2.14. The maximum atomic E-state index is 11.7. The molecule has 0 bridgehead atoms. The van der Waals surface area contributed by atoms with Gasteiger partial charge in [-0.25, -0.2) is 0 Å². The summed E-state index contributed by atoms with van der Waals surface area (Å²) in [6.45, 7) is 3.11. The van der Waals surface area contributed by atoms with Gasteiger partial charge in [0.2, 0.25) is 0 Å². The number of rotatable bonds is 3. The van der Waals surface area contributed by atoms with Gasteiger partial charge in [0.05, 0.1) is 19.3 Å². The van der Waals surface area contributed by atoms with Crippen molar-refractivity contribution in [1.29, 1.82) is 0 Å². The lowest BCUT2D eigenvalue weighted by atomic mass is 10.1. The molecule has 1 atom stereocenters. The summed E-state index contributed by atoms with van der Waals surface area (Å²) in [5.41, 5.74) is 2.83. The summed E-state index contributed by atoms with van der Waals surface area (Å²) in [4.78, 5) is 11.7. The van der Waals surface area contributed by atoms with E-state index in [9.17, 15) is 4.79 Å². The molecule has 86 valence electrons. The number of aliphatic hydroxyl groups is 1. The fourth-order valence-electron chi connectivity index (χ4n) is 1.66. The number of fused-ring (bicyclic) bond motifs is 1. The molecular formula is C12H15NO3. The molecule has 0 aliphatic carbocycles. The summed E-state index contributed by atoms with van der Waals surface area (Å²) >= 11 is 0. The zero-order valence-corrected chi connectivity index (χ0v) is 9.19. The van der Waals surface area contributed by atoms with E-state index in [1.54, 1.807) is 13.0 Å². The van der Waals surface area contributed by atoms with Gasteiger partial charge in [-0.05, 0) is 30.2 Å². The maximum Gasteiger partial charge on any atom is 0.251 e. The van der Waals surface area contributed by atoms with E-state index in [1.165, 1.54) is 0 Å². The van der Waals surface area contributed by atoms with Gasteiger partial charge in [0.25, 0.3) is 5.91 Å². The molecular weight excluding hydrogens is 206 g/mol. The Kier molecular flexibility index (Phi) is 3.22. The number of amides is 1. The van der Waals surface area contributed by atoms with Crippen molar-refractivity contribution < 1.29 is 14.6 Å². The van der Waals surface area contributed by atoms with Gasteiger partial charge in [-0.3, -0.25) is 4.79 Å². The van der Waals surface area contributed by atoms with Crippen LogP contribution in [0.4, 0.5) is 0 Å². The number of ether oxygens (including phenoxy) is 1. The van der Waals surface area contributed by atoms with E-state index in [0.717, 1.165) is 11.1 Å². The Morgan fingerprint density at radius 1 is 1.50 bits per heavy atom. The highest BCUT2D eigenvalue weighted by Crippen LogP contribution is 2.20. The van der Waals surface area contributed by atoms with Crippen molar-refractivity contribution in [2.75, 3.05) is 6.54 Å². The van der Waals surface area contributed by atoms with Crippen LogP contribution < -0.4 is 5.32 Å². The molecule has 1 aliphatic heterocycles. The number of carbonyl (C=O) groups is 1. The van der Waals surface area contributed by atoms with Crippen LogP contribution in [0.15, 0.2) is 18.2 Å². The predicted molar refractivity (Wildman–Crippen MR) is 58.9 cm³/mol. The van der Waals surface area contributed by atoms with E-state index < -0.39 is 6.10 Å². The first kappa shape index (κ1) is 11.1. The van der Waals surface area contributed by atoms with Crippen LogP contribution in [0.5, 0.6) is 0 Å². The Bertz CT molecular complexity index is 401. The van der Waals surface area contributed by atoms with Gasteiger partial charge in [0.15, 0.2) is 0 Å². The molecule has 0 radical (unpaired) electrons. The van der Waals surface area contributed by atoms with Gasteiger partial charge in [-0.2, -0.15) is 0 Å². The van der Waals surface area contributed by atoms with Crippen LogP contribution in [0, 0.1) is 0 Å². The van der Waals surface area contributed by atoms with E-state index in [-0.39, 0.29) is 12.5 Å². The molecule has 16 heavy (non-hydrogen) atoms. The van der Waals surface area contributed by atoms with E-state index in [1.807, 2.05) is 12.1 Å². The Hall–Kier alpha value is -1.39. The van der Waals surface area contributed by atoms with Crippen molar-refractivity contribution in [1.82, 2.24) is 5.32 Å². The molecule has 0 aromatic heterocycles. The van der Waals surface area contributed by atoms with E-state index in [4.69, 9.17) is 9.84 Å². The second kappa shape index (κ2) is 4.63. The molecule has 2 N–H and O–H groups in total. The summed E-state index contributed by atoms with van der Waals surface area (Å²) in [5, 5.41) is 11.7. The van der Waals surface area contributed by atoms with Gasteiger partial charge >= 0.3 is 0 Å². The number of hydrogen-bond acceptors (Lipinski definition) is 3. The van der Waals surface area contributed by atoms with Crippen LogP contribution in [-0.2, 0) is 18.0 Å². The number of nitrogens with one attached hydrogen (secondary N) is 1. The maximum absolute atomic E-state index is 11.7. The first-order chi connectivity index (χ1) is 7.66. The number of aliphatic hydroxyl groups excluding tert-OH is 1. The molecule has 1 heterocycles. The van der Waals surface area contributed by atoms with Crippen molar-refractivity contribution in [3.05, 3.63) is 34.9 Å². The third kappa shape index (κ3) is 2.40. The van der Waals surface area contributed by atoms with Crippen molar-refractivity contribution in [2.45, 2.75) is 26.2 Å². The minimum Gasteiger partial charge on any atom is -0.392 e. The average molecular weight is 221 g/mol. The molecule has 4 heteroatoms. The van der Waals surface area contributed by atoms with Crippen LogP contribution >= 0.6 is 0 Å². The topological polar surface area (TPSA) is 58.6 Å². The van der Waals surface area contributed by atoms with Gasteiger partial charge in [0.1, 0.15) is 0 Å². The molecule has 1 aliphatic rings. The lowest BCUT2D eigenvalue weighted by molar-refractivity contribution is 0.0924. The highest BCUT2D eigenvalue weighted by molar-refractivity contribution is 5.94. The van der Waals surface area contributed by atoms with Gasteiger partial charge in [0, 0.05) is 12.1 Å². The molecule has 0 fully saturated rings. The van der Waals surface area contributed by atoms with Crippen molar-refractivity contribution >= 4 is 5.91 Å². The normalized spacial score (nSPS) is 15.6. The van der Waals surface area contributed by atoms with Crippen molar-refractivity contribution in [3.63, 3.8) is 0 Å². The Morgan fingerprint density at radius 2 is 2.25 bits per heavy atom. The molecule has 1 aromatic carbocycles. The van der Waals surface area contributed by atoms with Crippen molar-refractivity contribution in [2.24, 2.45) is 0 Å². The lowest BCUT2D eigenvalue weighted by Crippen LogP contribution is -2.30. The monoisotopic (exact) mass is 221 g/mol. The third-order valence-corrected chi connectivity index (χ3v) is 2.54. The fourth-order valence-corrected chi connectivity index (χ4v) is 1.66. The van der Waals surface area contributed by atoms with E-state index in [0.29, 0.717) is 18.8 Å². The first-order valence-corrected chi connectivity index (χ1v) is 5.32. The second-order valence-corrected chi connectivity index (χ2v) is 4.04. The molecule has 1 amide bonds. The predicted octanol–water partition coefficient (Wildman–Crippen LogP) is 0.827. The molecule has 1 aromatic rings. The minimum absolute atomic E-state index is 0.157. The molecule has 0 unspecified atom stereocenters. The van der Waals surface area contributed by atoms with E-state index >= 15 is 0 Å². The Labute approximate surface area is 94.2 Å². The zero-order chi connectivity index (χ0) is 11.5. The largest absolute Gasteiger partial charge is 0.392 e. The molecule has 4 nitrogen and oxygen atoms in total. The Balaban J connectivity index is 2.06. The molecule has 0 saturated heterocycles. The minimum atomic E-state index is -0.526. The van der Waals surface area contributed by atoms with Gasteiger partial charge < -0.3 is 15.2 Å². The number of benzene rings is 1. The van der Waals surface area contributed by atoms with Crippen LogP contribution in [0.3, 0.4) is 0 Å². The van der Waals surface area contributed by atoms with Gasteiger partial charge in [-0.15, -0.1) is 0 Å². The number of hydrogen-bond donors (Lipinski definition) is 2. The summed E-state index contributed by atoms with van der Waals surface area (Å²) in [6, 6.07) is 5.55. The van der Waals surface area contributed by atoms with Gasteiger partial charge in [-0.1, -0.05) is 6.07 Å². The summed E-state index contributed by atoms with van der Waals surface area (Å²) < 4.78 is 5.28. The molecule has 2 rings (SSSR count). The third-order valence-electron chi connectivity index (χ3n) is 2.54. The summed E-state index contributed by atoms with van der Waals surface area (Å²) in [5.74, 6) is -0.157. The standard InChI is InChI=1S/C12H15NO3/c1-8(14)5-13-12(15)9-2-3-10-6-16-7-11(10)4-9/h2-4,8,14H,5-7H2,1H3,(H,13,15)/t8-/m0/s1. The van der Waals surface area contributed by atoms with Crippen LogP contribution in [-0.4, -0.2) is 23.7 Å². The van der Waals surface area contributed by atoms with Crippen molar-refractivity contribution in [3.8, 4) is 0 Å². The summed E-state index contributed by atoms with van der Waals surface area (Å²) in [6.07, 6.45) is -0.526. The zero-order valence-electron chi connectivity index (χ0n) is 9.19. The average Bonchev–Trinajstić information content (AvgIpc) is 2.72. The lowest BCUT2D eigenvalue weighted by Gasteiger charge is -2.07. The van der Waals surface area contributed by atoms with Crippen LogP contribution in [0.2, 0.25) is 0 Å². The number of carbonyl (C=O) groups excluding carboxylic acids is 1. The quantitative estimate of drug-likeness (QED) is 0.794. The molecule has 0 spiro atoms. The fraction of sp³-hybridized carbons (Fsp3) is 0.417. The molecule has 0 saturated carbocycles. The smallest absolute Gasteiger partial charge is 0.251 e. The summed E-state index contributed by atoms with van der Waals surface area (Å²) in [7, 11) is 0. The van der Waals surface area contributed by atoms with Crippen LogP contribution in [0.25, 0.3) is 0 Å².